The molecule has 0 aliphatic carbocycles. The van der Waals surface area contributed by atoms with Crippen LogP contribution in [0.25, 0.3) is 11.3 Å². The molecule has 154 valence electrons. The molecule has 1 amide bonds. The molecule has 1 aliphatic heterocycles. The molecule has 0 fully saturated rings. The highest BCUT2D eigenvalue weighted by Crippen LogP contribution is 2.23. The number of nitrogens with zero attached hydrogens (tertiary/aromatic N) is 5. The molecule has 30 heavy (non-hydrogen) atoms. The lowest BCUT2D eigenvalue weighted by Crippen LogP contribution is -2.37. The second-order valence-electron chi connectivity index (χ2n) is 7.38. The van der Waals surface area contributed by atoms with Crippen LogP contribution in [0.4, 0.5) is 10.2 Å². The molecule has 0 atom stereocenters. The van der Waals surface area contributed by atoms with Gasteiger partial charge in [0.25, 0.3) is 0 Å². The van der Waals surface area contributed by atoms with Crippen molar-refractivity contribution in [3.8, 4) is 11.3 Å². The van der Waals surface area contributed by atoms with E-state index in [4.69, 9.17) is 0 Å². The predicted molar refractivity (Wildman–Crippen MR) is 109 cm³/mol. The van der Waals surface area contributed by atoms with Crippen LogP contribution in [-0.2, 0) is 22.6 Å². The summed E-state index contributed by atoms with van der Waals surface area (Å²) in [4.78, 5) is 35.1. The summed E-state index contributed by atoms with van der Waals surface area (Å²) in [5.41, 5.74) is 2.66. The Kier molecular flexibility index (Phi) is 5.65. The minimum atomic E-state index is -0.365. The van der Waals surface area contributed by atoms with Crippen molar-refractivity contribution in [2.24, 2.45) is 0 Å². The molecule has 0 saturated carbocycles. The van der Waals surface area contributed by atoms with Crippen LogP contribution >= 0.6 is 0 Å². The first-order valence-corrected chi connectivity index (χ1v) is 9.93. The van der Waals surface area contributed by atoms with Gasteiger partial charge in [0.05, 0.1) is 11.4 Å². The van der Waals surface area contributed by atoms with Gasteiger partial charge in [-0.3, -0.25) is 24.5 Å². The van der Waals surface area contributed by atoms with Gasteiger partial charge in [0, 0.05) is 68.1 Å². The van der Waals surface area contributed by atoms with E-state index in [1.54, 1.807) is 23.2 Å². The summed E-state index contributed by atoms with van der Waals surface area (Å²) in [5.74, 6) is 0.328. The van der Waals surface area contributed by atoms with Crippen LogP contribution in [0, 0.1) is 12.7 Å². The second kappa shape index (κ2) is 8.52. The Labute approximate surface area is 173 Å². The maximum Gasteiger partial charge on any atom is 0.228 e. The fourth-order valence-corrected chi connectivity index (χ4v) is 3.57. The summed E-state index contributed by atoms with van der Waals surface area (Å²) in [6, 6.07) is 8.01. The van der Waals surface area contributed by atoms with E-state index in [0.717, 1.165) is 24.5 Å². The highest BCUT2D eigenvalue weighted by Gasteiger charge is 2.24. The number of halogens is 1. The smallest absolute Gasteiger partial charge is 0.228 e. The van der Waals surface area contributed by atoms with Crippen LogP contribution < -0.4 is 4.90 Å². The lowest BCUT2D eigenvalue weighted by atomic mass is 10.1. The lowest BCUT2D eigenvalue weighted by molar-refractivity contribution is -0.123. The highest BCUT2D eigenvalue weighted by atomic mass is 19.1. The van der Waals surface area contributed by atoms with Gasteiger partial charge >= 0.3 is 0 Å². The average molecular weight is 407 g/mol. The van der Waals surface area contributed by atoms with Gasteiger partial charge in [-0.05, 0) is 31.5 Å². The maximum absolute atomic E-state index is 13.3. The van der Waals surface area contributed by atoms with Crippen LogP contribution in [0.15, 0.2) is 42.7 Å². The van der Waals surface area contributed by atoms with Gasteiger partial charge in [-0.15, -0.1) is 0 Å². The SMILES string of the molecule is Cc1cc2n(n1)CCCN2C(=O)CCC(=O)Cc1ccc(-c2cc(F)ccn2)cn1. The van der Waals surface area contributed by atoms with Crippen molar-refractivity contribution in [1.82, 2.24) is 19.7 Å². The molecule has 1 aliphatic rings. The van der Waals surface area contributed by atoms with E-state index in [1.165, 1.54) is 18.3 Å². The molecule has 3 aromatic rings. The third-order valence-electron chi connectivity index (χ3n) is 5.05. The molecule has 7 nitrogen and oxygen atoms in total. The minimum Gasteiger partial charge on any atom is -0.299 e. The van der Waals surface area contributed by atoms with Gasteiger partial charge in [0.1, 0.15) is 17.4 Å². The number of rotatable bonds is 6. The van der Waals surface area contributed by atoms with Crippen molar-refractivity contribution in [3.63, 3.8) is 0 Å². The molecular formula is C22H22FN5O2. The first-order valence-electron chi connectivity index (χ1n) is 9.93. The number of anilines is 1. The molecular weight excluding hydrogens is 385 g/mol. The van der Waals surface area contributed by atoms with Crippen molar-refractivity contribution in [1.29, 1.82) is 0 Å². The van der Waals surface area contributed by atoms with Crippen molar-refractivity contribution in [3.05, 3.63) is 59.9 Å². The zero-order valence-corrected chi connectivity index (χ0v) is 16.7. The monoisotopic (exact) mass is 407 g/mol. The van der Waals surface area contributed by atoms with Gasteiger partial charge in [0.2, 0.25) is 5.91 Å². The molecule has 0 radical (unpaired) electrons. The normalized spacial score (nSPS) is 13.2. The number of pyridine rings is 2. The summed E-state index contributed by atoms with van der Waals surface area (Å²) >= 11 is 0. The number of fused-ring (bicyclic) bond motifs is 1. The van der Waals surface area contributed by atoms with Crippen molar-refractivity contribution >= 4 is 17.5 Å². The minimum absolute atomic E-state index is 0.0471. The van der Waals surface area contributed by atoms with E-state index >= 15 is 0 Å². The molecule has 4 rings (SSSR count). The number of hydrogen-bond donors (Lipinski definition) is 0. The third kappa shape index (κ3) is 4.42. The van der Waals surface area contributed by atoms with E-state index in [0.29, 0.717) is 23.5 Å². The number of ketones is 1. The molecule has 0 aromatic carbocycles. The van der Waals surface area contributed by atoms with E-state index in [9.17, 15) is 14.0 Å². The summed E-state index contributed by atoms with van der Waals surface area (Å²) in [5, 5.41) is 4.39. The molecule has 4 heterocycles. The highest BCUT2D eigenvalue weighted by molar-refractivity contribution is 5.95. The lowest BCUT2D eigenvalue weighted by Gasteiger charge is -2.27. The number of aryl methyl sites for hydroxylation is 2. The molecule has 3 aromatic heterocycles. The Morgan fingerprint density at radius 3 is 2.73 bits per heavy atom. The third-order valence-corrected chi connectivity index (χ3v) is 5.05. The summed E-state index contributed by atoms with van der Waals surface area (Å²) < 4.78 is 15.2. The number of carbonyl (C=O) groups excluding carboxylic acids is 2. The molecule has 0 spiro atoms. The molecule has 0 unspecified atom stereocenters. The quantitative estimate of drug-likeness (QED) is 0.627. The zero-order chi connectivity index (χ0) is 21.1. The van der Waals surface area contributed by atoms with Gasteiger partial charge in [0.15, 0.2) is 0 Å². The molecule has 8 heteroatoms. The van der Waals surface area contributed by atoms with E-state index in [-0.39, 0.29) is 36.8 Å². The Morgan fingerprint density at radius 2 is 1.97 bits per heavy atom. The van der Waals surface area contributed by atoms with Crippen LogP contribution in [0.1, 0.15) is 30.7 Å². The van der Waals surface area contributed by atoms with Crippen LogP contribution in [-0.4, -0.2) is 38.0 Å². The fourth-order valence-electron chi connectivity index (χ4n) is 3.57. The van der Waals surface area contributed by atoms with E-state index < -0.39 is 0 Å². The van der Waals surface area contributed by atoms with Crippen molar-refractivity contribution in [2.75, 3.05) is 11.4 Å². The molecule has 0 saturated heterocycles. The molecule has 0 N–H and O–H groups in total. The number of amides is 1. The summed E-state index contributed by atoms with van der Waals surface area (Å²) in [6.07, 6.45) is 4.31. The van der Waals surface area contributed by atoms with Crippen molar-refractivity contribution < 1.29 is 14.0 Å². The fraction of sp³-hybridized carbons (Fsp3) is 0.318. The van der Waals surface area contributed by atoms with Gasteiger partial charge in [-0.25, -0.2) is 9.07 Å². The average Bonchev–Trinajstić information content (AvgIpc) is 3.12. The number of Topliss-reactive ketones (excluding diaryl/α,β-unsaturated/α-hetero) is 1. The first kappa shape index (κ1) is 19.9. The standard InChI is InChI=1S/C22H22FN5O2/c1-15-11-21-27(9-2-10-28(21)26-15)22(30)6-5-19(29)13-18-4-3-16(14-25-18)20-12-17(23)7-8-24-20/h3-4,7-8,11-12,14H,2,5-6,9-10,13H2,1H3. The topological polar surface area (TPSA) is 81.0 Å². The largest absolute Gasteiger partial charge is 0.299 e. The summed E-state index contributed by atoms with van der Waals surface area (Å²) in [6.45, 7) is 3.36. The first-order chi connectivity index (χ1) is 14.5. The summed E-state index contributed by atoms with van der Waals surface area (Å²) in [7, 11) is 0. The van der Waals surface area contributed by atoms with Crippen LogP contribution in [0.2, 0.25) is 0 Å². The van der Waals surface area contributed by atoms with Gasteiger partial charge < -0.3 is 0 Å². The van der Waals surface area contributed by atoms with Gasteiger partial charge in [-0.1, -0.05) is 0 Å². The number of aromatic nitrogens is 4. The van der Waals surface area contributed by atoms with Gasteiger partial charge in [-0.2, -0.15) is 5.10 Å². The van der Waals surface area contributed by atoms with Crippen molar-refractivity contribution in [2.45, 2.75) is 39.2 Å². The van der Waals surface area contributed by atoms with Crippen LogP contribution in [0.5, 0.6) is 0 Å². The van der Waals surface area contributed by atoms with E-state index in [1.807, 2.05) is 17.7 Å². The second-order valence-corrected chi connectivity index (χ2v) is 7.38. The Balaban J connectivity index is 1.32. The number of carbonyl (C=O) groups is 2. The Hall–Kier alpha value is -3.42. The molecule has 0 bridgehead atoms. The predicted octanol–water partition coefficient (Wildman–Crippen LogP) is 3.12. The van der Waals surface area contributed by atoms with Crippen LogP contribution in [0.3, 0.4) is 0 Å². The Bertz CT molecular complexity index is 1080. The zero-order valence-electron chi connectivity index (χ0n) is 16.7. The van der Waals surface area contributed by atoms with E-state index in [2.05, 4.69) is 15.1 Å². The maximum atomic E-state index is 13.3. The Morgan fingerprint density at radius 1 is 1.10 bits per heavy atom. The number of hydrogen-bond acceptors (Lipinski definition) is 5.